The number of nitrogens with zero attached hydrogens (tertiary/aromatic N) is 3. The third-order valence-corrected chi connectivity index (χ3v) is 4.16. The van der Waals surface area contributed by atoms with Gasteiger partial charge in [0.05, 0.1) is 17.1 Å². The molecule has 2 heterocycles. The van der Waals surface area contributed by atoms with E-state index in [9.17, 15) is 4.79 Å². The van der Waals surface area contributed by atoms with Crippen molar-refractivity contribution in [3.63, 3.8) is 0 Å². The van der Waals surface area contributed by atoms with Gasteiger partial charge in [0.2, 0.25) is 5.89 Å². The summed E-state index contributed by atoms with van der Waals surface area (Å²) in [6.07, 6.45) is 0. The van der Waals surface area contributed by atoms with E-state index in [1.165, 1.54) is 0 Å². The Morgan fingerprint density at radius 3 is 2.58 bits per heavy atom. The van der Waals surface area contributed by atoms with Crippen molar-refractivity contribution in [2.75, 3.05) is 0 Å². The molecule has 0 unspecified atom stereocenters. The first kappa shape index (κ1) is 16.1. The molecule has 0 aliphatic rings. The average Bonchev–Trinajstić information content (AvgIpc) is 3.20. The number of hydrogen-bond acceptors (Lipinski definition) is 5. The summed E-state index contributed by atoms with van der Waals surface area (Å²) in [6.45, 7) is 3.62. The fraction of sp³-hybridized carbons (Fsp3) is 0.150. The number of ether oxygens (including phenoxy) is 1. The van der Waals surface area contributed by atoms with Gasteiger partial charge in [0, 0.05) is 0 Å². The molecule has 0 fully saturated rings. The van der Waals surface area contributed by atoms with Crippen molar-refractivity contribution in [1.29, 1.82) is 0 Å². The molecular weight excluding hydrogens is 330 g/mol. The van der Waals surface area contributed by atoms with Gasteiger partial charge in [-0.25, -0.2) is 14.5 Å². The highest BCUT2D eigenvalue weighted by Crippen LogP contribution is 2.20. The lowest BCUT2D eigenvalue weighted by atomic mass is 10.2. The van der Waals surface area contributed by atoms with E-state index < -0.39 is 5.97 Å². The third-order valence-electron chi connectivity index (χ3n) is 4.16. The summed E-state index contributed by atoms with van der Waals surface area (Å²) in [4.78, 5) is 16.9. The van der Waals surface area contributed by atoms with Gasteiger partial charge in [-0.15, -0.1) is 0 Å². The zero-order valence-electron chi connectivity index (χ0n) is 14.5. The summed E-state index contributed by atoms with van der Waals surface area (Å²) in [7, 11) is 0. The lowest BCUT2D eigenvalue weighted by Crippen LogP contribution is -2.08. The van der Waals surface area contributed by atoms with Crippen molar-refractivity contribution in [1.82, 2.24) is 14.8 Å². The Bertz CT molecular complexity index is 1050. The molecule has 0 N–H and O–H groups in total. The predicted molar refractivity (Wildman–Crippen MR) is 96.2 cm³/mol. The first-order valence-electron chi connectivity index (χ1n) is 8.26. The molecular formula is C20H17N3O3. The molecule has 2 aromatic heterocycles. The standard InChI is InChI=1S/C20H17N3O3/c1-13-19(14(2)23(22-13)15-8-4-3-5-9-15)20(24)25-12-18-21-16-10-6-7-11-17(16)26-18/h3-11H,12H2,1-2H3. The number of fused-ring (bicyclic) bond motifs is 1. The van der Waals surface area contributed by atoms with Gasteiger partial charge in [0.25, 0.3) is 0 Å². The zero-order chi connectivity index (χ0) is 18.1. The van der Waals surface area contributed by atoms with E-state index in [0.29, 0.717) is 22.7 Å². The van der Waals surface area contributed by atoms with Crippen LogP contribution in [0, 0.1) is 13.8 Å². The molecule has 6 nitrogen and oxygen atoms in total. The molecule has 0 spiro atoms. The van der Waals surface area contributed by atoms with Gasteiger partial charge in [0.15, 0.2) is 12.2 Å². The second-order valence-electron chi connectivity index (χ2n) is 5.94. The molecule has 0 aliphatic carbocycles. The minimum atomic E-state index is -0.440. The Morgan fingerprint density at radius 1 is 1.08 bits per heavy atom. The number of esters is 1. The van der Waals surface area contributed by atoms with Gasteiger partial charge >= 0.3 is 5.97 Å². The van der Waals surface area contributed by atoms with Gasteiger partial charge in [-0.05, 0) is 38.1 Å². The van der Waals surface area contributed by atoms with Crippen LogP contribution in [-0.4, -0.2) is 20.7 Å². The van der Waals surface area contributed by atoms with Crippen LogP contribution in [0.25, 0.3) is 16.8 Å². The highest BCUT2D eigenvalue weighted by Gasteiger charge is 2.21. The second-order valence-corrected chi connectivity index (χ2v) is 5.94. The fourth-order valence-electron chi connectivity index (χ4n) is 2.94. The van der Waals surface area contributed by atoms with Crippen LogP contribution in [0.1, 0.15) is 27.6 Å². The Kier molecular flexibility index (Phi) is 4.01. The molecule has 130 valence electrons. The zero-order valence-corrected chi connectivity index (χ0v) is 14.5. The highest BCUT2D eigenvalue weighted by atomic mass is 16.5. The molecule has 4 aromatic rings. The normalized spacial score (nSPS) is 11.0. The van der Waals surface area contributed by atoms with Crippen LogP contribution < -0.4 is 0 Å². The Morgan fingerprint density at radius 2 is 1.81 bits per heavy atom. The van der Waals surface area contributed by atoms with Crippen LogP contribution in [-0.2, 0) is 11.3 Å². The maximum Gasteiger partial charge on any atom is 0.342 e. The topological polar surface area (TPSA) is 70.2 Å². The van der Waals surface area contributed by atoms with Gasteiger partial charge in [-0.1, -0.05) is 30.3 Å². The molecule has 0 saturated carbocycles. The number of carbonyl (C=O) groups is 1. The molecule has 0 atom stereocenters. The van der Waals surface area contributed by atoms with E-state index in [-0.39, 0.29) is 6.61 Å². The Labute approximate surface area is 150 Å². The smallest absolute Gasteiger partial charge is 0.342 e. The average molecular weight is 347 g/mol. The van der Waals surface area contributed by atoms with Gasteiger partial charge in [-0.2, -0.15) is 5.10 Å². The van der Waals surface area contributed by atoms with Crippen LogP contribution in [0.15, 0.2) is 59.0 Å². The Balaban J connectivity index is 1.55. The molecule has 0 bridgehead atoms. The van der Waals surface area contributed by atoms with Crippen molar-refractivity contribution < 1.29 is 13.9 Å². The van der Waals surface area contributed by atoms with E-state index in [1.807, 2.05) is 61.5 Å². The highest BCUT2D eigenvalue weighted by molar-refractivity contribution is 5.92. The van der Waals surface area contributed by atoms with E-state index in [1.54, 1.807) is 11.6 Å². The number of aromatic nitrogens is 3. The number of aryl methyl sites for hydroxylation is 1. The first-order chi connectivity index (χ1) is 12.6. The number of hydrogen-bond donors (Lipinski definition) is 0. The lowest BCUT2D eigenvalue weighted by molar-refractivity contribution is 0.0438. The SMILES string of the molecule is Cc1nn(-c2ccccc2)c(C)c1C(=O)OCc1nc2ccccc2o1. The van der Waals surface area contributed by atoms with Crippen LogP contribution in [0.5, 0.6) is 0 Å². The number of oxazole rings is 1. The minimum Gasteiger partial charge on any atom is -0.452 e. The monoisotopic (exact) mass is 347 g/mol. The van der Waals surface area contributed by atoms with Crippen molar-refractivity contribution in [2.24, 2.45) is 0 Å². The van der Waals surface area contributed by atoms with Gasteiger partial charge < -0.3 is 9.15 Å². The summed E-state index contributed by atoms with van der Waals surface area (Å²) in [5.74, 6) is -0.0743. The summed E-state index contributed by atoms with van der Waals surface area (Å²) >= 11 is 0. The van der Waals surface area contributed by atoms with Crippen molar-refractivity contribution in [3.05, 3.63) is 77.4 Å². The lowest BCUT2D eigenvalue weighted by Gasteiger charge is -2.05. The summed E-state index contributed by atoms with van der Waals surface area (Å²) in [5, 5.41) is 4.47. The molecule has 0 aliphatic heterocycles. The minimum absolute atomic E-state index is 0.0249. The van der Waals surface area contributed by atoms with Crippen LogP contribution in [0.3, 0.4) is 0 Å². The van der Waals surface area contributed by atoms with Crippen LogP contribution in [0.4, 0.5) is 0 Å². The molecule has 0 saturated heterocycles. The molecule has 26 heavy (non-hydrogen) atoms. The molecule has 0 radical (unpaired) electrons. The quantitative estimate of drug-likeness (QED) is 0.522. The fourth-order valence-corrected chi connectivity index (χ4v) is 2.94. The molecule has 0 amide bonds. The first-order valence-corrected chi connectivity index (χ1v) is 8.26. The predicted octanol–water partition coefficient (Wildman–Crippen LogP) is 3.99. The Hall–Kier alpha value is -3.41. The van der Waals surface area contributed by atoms with E-state index in [2.05, 4.69) is 10.1 Å². The van der Waals surface area contributed by atoms with E-state index in [4.69, 9.17) is 9.15 Å². The van der Waals surface area contributed by atoms with Crippen molar-refractivity contribution in [3.8, 4) is 5.69 Å². The summed E-state index contributed by atoms with van der Waals surface area (Å²) in [5.41, 5.74) is 4.12. The number of benzene rings is 2. The van der Waals surface area contributed by atoms with Crippen molar-refractivity contribution >= 4 is 17.1 Å². The molecule has 4 rings (SSSR count). The number of carbonyl (C=O) groups excluding carboxylic acids is 1. The number of rotatable bonds is 4. The third kappa shape index (κ3) is 2.86. The maximum absolute atomic E-state index is 12.6. The van der Waals surface area contributed by atoms with Gasteiger partial charge in [0.1, 0.15) is 11.1 Å². The van der Waals surface area contributed by atoms with E-state index >= 15 is 0 Å². The molecule has 6 heteroatoms. The second kappa shape index (κ2) is 6.48. The van der Waals surface area contributed by atoms with Crippen LogP contribution >= 0.6 is 0 Å². The maximum atomic E-state index is 12.6. The molecule has 2 aromatic carbocycles. The van der Waals surface area contributed by atoms with Gasteiger partial charge in [-0.3, -0.25) is 0 Å². The number of para-hydroxylation sites is 3. The van der Waals surface area contributed by atoms with Crippen LogP contribution in [0.2, 0.25) is 0 Å². The summed E-state index contributed by atoms with van der Waals surface area (Å²) < 4.78 is 12.7. The largest absolute Gasteiger partial charge is 0.452 e. The van der Waals surface area contributed by atoms with Crippen molar-refractivity contribution in [2.45, 2.75) is 20.5 Å². The summed E-state index contributed by atoms with van der Waals surface area (Å²) in [6, 6.07) is 17.1. The van der Waals surface area contributed by atoms with E-state index in [0.717, 1.165) is 16.9 Å².